The number of hydrogen-bond acceptors (Lipinski definition) is 3. The van der Waals surface area contributed by atoms with Gasteiger partial charge in [0.05, 0.1) is 6.54 Å². The molecule has 0 fully saturated rings. The quantitative estimate of drug-likeness (QED) is 0.454. The van der Waals surface area contributed by atoms with Gasteiger partial charge in [0.15, 0.2) is 5.65 Å². The van der Waals surface area contributed by atoms with Crippen molar-refractivity contribution in [3.8, 4) is 0 Å². The minimum absolute atomic E-state index is 0.0306. The lowest BCUT2D eigenvalue weighted by Gasteiger charge is -2.09. The number of nitrogens with zero attached hydrogens (tertiary/aromatic N) is 3. The monoisotopic (exact) mass is 398 g/mol. The summed E-state index contributed by atoms with van der Waals surface area (Å²) in [6.45, 7) is 2.84. The fraction of sp³-hybridized carbons (Fsp3) is 0.240. The number of nitrogens with one attached hydrogen (secondary N) is 1. The van der Waals surface area contributed by atoms with E-state index in [0.717, 1.165) is 48.5 Å². The van der Waals surface area contributed by atoms with Crippen molar-refractivity contribution in [1.29, 1.82) is 0 Å². The second-order valence-corrected chi connectivity index (χ2v) is 7.40. The Bertz CT molecular complexity index is 1120. The number of hydrogen-bond donors (Lipinski definition) is 1. The molecule has 4 rings (SSSR count). The van der Waals surface area contributed by atoms with Crippen LogP contribution in [0.1, 0.15) is 36.7 Å². The second-order valence-electron chi connectivity index (χ2n) is 7.40. The van der Waals surface area contributed by atoms with Crippen LogP contribution in [0.25, 0.3) is 11.2 Å². The molecule has 0 bridgehead atoms. The summed E-state index contributed by atoms with van der Waals surface area (Å²) in [5, 5.41) is 2.98. The first-order chi connectivity index (χ1) is 14.7. The van der Waals surface area contributed by atoms with Gasteiger partial charge in [0, 0.05) is 24.7 Å². The van der Waals surface area contributed by atoms with Crippen molar-refractivity contribution in [3.05, 3.63) is 89.9 Å². The van der Waals surface area contributed by atoms with Crippen molar-refractivity contribution in [3.63, 3.8) is 0 Å². The van der Waals surface area contributed by atoms with Gasteiger partial charge in [-0.05, 0) is 48.2 Å². The number of carbonyl (C=O) groups is 1. The van der Waals surface area contributed by atoms with Crippen LogP contribution in [0.4, 0.5) is 5.69 Å². The molecule has 0 atom stereocenters. The molecule has 0 saturated heterocycles. The number of aromatic nitrogens is 3. The lowest BCUT2D eigenvalue weighted by atomic mass is 10.1. The smallest absolute Gasteiger partial charge is 0.224 e. The third kappa shape index (κ3) is 4.74. The predicted molar refractivity (Wildman–Crippen MR) is 120 cm³/mol. The molecule has 4 aromatic rings. The van der Waals surface area contributed by atoms with Gasteiger partial charge in [-0.25, -0.2) is 9.97 Å². The molecular weight excluding hydrogens is 372 g/mol. The van der Waals surface area contributed by atoms with E-state index >= 15 is 0 Å². The van der Waals surface area contributed by atoms with Gasteiger partial charge in [0.1, 0.15) is 11.3 Å². The Labute approximate surface area is 176 Å². The van der Waals surface area contributed by atoms with Gasteiger partial charge < -0.3 is 9.88 Å². The summed E-state index contributed by atoms with van der Waals surface area (Å²) in [5.74, 6) is 0.996. The summed E-state index contributed by atoms with van der Waals surface area (Å²) in [4.78, 5) is 21.7. The van der Waals surface area contributed by atoms with E-state index in [1.165, 1.54) is 11.1 Å². The van der Waals surface area contributed by atoms with Gasteiger partial charge in [-0.2, -0.15) is 0 Å². The van der Waals surface area contributed by atoms with Gasteiger partial charge in [-0.1, -0.05) is 49.4 Å². The fourth-order valence-corrected chi connectivity index (χ4v) is 3.58. The molecule has 0 spiro atoms. The number of amides is 1. The van der Waals surface area contributed by atoms with Crippen molar-refractivity contribution in [2.45, 2.75) is 39.2 Å². The van der Waals surface area contributed by atoms with Gasteiger partial charge in [-0.3, -0.25) is 4.79 Å². The van der Waals surface area contributed by atoms with Crippen LogP contribution >= 0.6 is 0 Å². The van der Waals surface area contributed by atoms with Crippen LogP contribution in [-0.2, 0) is 24.2 Å². The molecule has 0 aliphatic rings. The number of anilines is 1. The third-order valence-electron chi connectivity index (χ3n) is 5.22. The molecule has 1 N–H and O–H groups in total. The number of benzene rings is 2. The first-order valence-electron chi connectivity index (χ1n) is 10.5. The summed E-state index contributed by atoms with van der Waals surface area (Å²) in [5.41, 5.74) is 5.09. The number of imidazole rings is 1. The van der Waals surface area contributed by atoms with Gasteiger partial charge in [0.2, 0.25) is 5.91 Å². The molecule has 1 amide bonds. The highest BCUT2D eigenvalue weighted by Gasteiger charge is 2.13. The first kappa shape index (κ1) is 19.8. The lowest BCUT2D eigenvalue weighted by molar-refractivity contribution is -0.116. The molecule has 2 aromatic carbocycles. The molecule has 0 saturated carbocycles. The van der Waals surface area contributed by atoms with Crippen LogP contribution in [0.2, 0.25) is 0 Å². The Morgan fingerprint density at radius 2 is 1.77 bits per heavy atom. The van der Waals surface area contributed by atoms with E-state index in [1.54, 1.807) is 6.20 Å². The van der Waals surface area contributed by atoms with E-state index in [4.69, 9.17) is 4.98 Å². The highest BCUT2D eigenvalue weighted by molar-refractivity contribution is 5.90. The fourth-order valence-electron chi connectivity index (χ4n) is 3.58. The molecule has 152 valence electrons. The third-order valence-corrected chi connectivity index (χ3v) is 5.22. The maximum atomic E-state index is 12.4. The molecule has 0 aliphatic heterocycles. The summed E-state index contributed by atoms with van der Waals surface area (Å²) in [7, 11) is 0. The molecule has 0 unspecified atom stereocenters. The minimum atomic E-state index is 0.0306. The topological polar surface area (TPSA) is 59.8 Å². The van der Waals surface area contributed by atoms with E-state index in [-0.39, 0.29) is 5.91 Å². The molecule has 0 radical (unpaired) electrons. The van der Waals surface area contributed by atoms with Crippen LogP contribution in [-0.4, -0.2) is 20.4 Å². The Balaban J connectivity index is 1.41. The average Bonchev–Trinajstić information content (AvgIpc) is 3.12. The standard InChI is InChI=1S/C25H26N4O/c1-2-19-13-15-21(16-14-19)27-24(30)12-6-11-23-28-22-10-7-17-26-25(22)29(23)18-20-8-4-3-5-9-20/h3-5,7-10,13-17H,2,6,11-12,18H2,1H3,(H,27,30). The maximum Gasteiger partial charge on any atom is 0.224 e. The van der Waals surface area contributed by atoms with E-state index < -0.39 is 0 Å². The Kier molecular flexibility index (Phi) is 6.18. The van der Waals surface area contributed by atoms with Crippen LogP contribution in [0.15, 0.2) is 72.9 Å². The van der Waals surface area contributed by atoms with Gasteiger partial charge >= 0.3 is 0 Å². The Morgan fingerprint density at radius 3 is 2.53 bits per heavy atom. The van der Waals surface area contributed by atoms with Crippen LogP contribution in [0, 0.1) is 0 Å². The number of fused-ring (bicyclic) bond motifs is 1. The molecule has 5 nitrogen and oxygen atoms in total. The normalized spacial score (nSPS) is 11.0. The maximum absolute atomic E-state index is 12.4. The van der Waals surface area contributed by atoms with Crippen molar-refractivity contribution in [1.82, 2.24) is 14.5 Å². The van der Waals surface area contributed by atoms with E-state index in [9.17, 15) is 4.79 Å². The Hall–Kier alpha value is -3.47. The highest BCUT2D eigenvalue weighted by Crippen LogP contribution is 2.18. The SMILES string of the molecule is CCc1ccc(NC(=O)CCCc2nc3cccnc3n2Cc2ccccc2)cc1. The second kappa shape index (κ2) is 9.35. The largest absolute Gasteiger partial charge is 0.326 e. The number of pyridine rings is 1. The Morgan fingerprint density at radius 1 is 0.967 bits per heavy atom. The zero-order chi connectivity index (χ0) is 20.8. The minimum Gasteiger partial charge on any atom is -0.326 e. The predicted octanol–water partition coefficient (Wildman–Crippen LogP) is 5.00. The zero-order valence-electron chi connectivity index (χ0n) is 17.2. The van der Waals surface area contributed by atoms with Crippen molar-refractivity contribution < 1.29 is 4.79 Å². The number of aryl methyl sites for hydroxylation is 2. The molecule has 0 aliphatic carbocycles. The molecule has 5 heteroatoms. The zero-order valence-corrected chi connectivity index (χ0v) is 17.2. The van der Waals surface area contributed by atoms with E-state index in [1.807, 2.05) is 42.5 Å². The summed E-state index contributed by atoms with van der Waals surface area (Å²) < 4.78 is 2.16. The summed E-state index contributed by atoms with van der Waals surface area (Å²) in [6.07, 6.45) is 4.71. The summed E-state index contributed by atoms with van der Waals surface area (Å²) >= 11 is 0. The highest BCUT2D eigenvalue weighted by atomic mass is 16.1. The van der Waals surface area contributed by atoms with Crippen molar-refractivity contribution in [2.24, 2.45) is 0 Å². The van der Waals surface area contributed by atoms with Crippen LogP contribution in [0.3, 0.4) is 0 Å². The lowest BCUT2D eigenvalue weighted by Crippen LogP contribution is -2.12. The summed E-state index contributed by atoms with van der Waals surface area (Å²) in [6, 6.07) is 22.2. The number of rotatable bonds is 8. The molecule has 2 heterocycles. The molecular formula is C25H26N4O. The van der Waals surface area contributed by atoms with E-state index in [0.29, 0.717) is 6.42 Å². The molecule has 30 heavy (non-hydrogen) atoms. The van der Waals surface area contributed by atoms with Crippen LogP contribution < -0.4 is 5.32 Å². The van der Waals surface area contributed by atoms with Crippen molar-refractivity contribution >= 4 is 22.8 Å². The van der Waals surface area contributed by atoms with Gasteiger partial charge in [0.25, 0.3) is 0 Å². The average molecular weight is 399 g/mol. The number of carbonyl (C=O) groups excluding carboxylic acids is 1. The van der Waals surface area contributed by atoms with Crippen LogP contribution in [0.5, 0.6) is 0 Å². The van der Waals surface area contributed by atoms with Crippen molar-refractivity contribution in [2.75, 3.05) is 5.32 Å². The van der Waals surface area contributed by atoms with E-state index in [2.05, 4.69) is 46.1 Å². The molecule has 2 aromatic heterocycles. The van der Waals surface area contributed by atoms with Gasteiger partial charge in [-0.15, -0.1) is 0 Å². The first-order valence-corrected chi connectivity index (χ1v) is 10.5.